The van der Waals surface area contributed by atoms with Crippen molar-refractivity contribution in [1.29, 1.82) is 10.5 Å². The molecule has 314 valence electrons. The first-order chi connectivity index (χ1) is 33.7. The van der Waals surface area contributed by atoms with E-state index in [4.69, 9.17) is 0 Å². The number of aromatic nitrogens is 4. The average Bonchev–Trinajstić information content (AvgIpc) is 4.13. The number of benzene rings is 10. The maximum atomic E-state index is 11.8. The maximum absolute atomic E-state index is 11.8. The molecule has 68 heavy (non-hydrogen) atoms. The van der Waals surface area contributed by atoms with Gasteiger partial charge in [-0.05, 0) is 102 Å². The van der Waals surface area contributed by atoms with E-state index in [1.54, 1.807) is 0 Å². The molecule has 0 saturated heterocycles. The summed E-state index contributed by atoms with van der Waals surface area (Å²) in [6.07, 6.45) is 0. The first-order valence-corrected chi connectivity index (χ1v) is 22.8. The fourth-order valence-electron chi connectivity index (χ4n) is 11.2. The molecule has 0 amide bonds. The molecule has 14 rings (SSSR count). The molecular weight excluding hydrogens is 829 g/mol. The zero-order valence-corrected chi connectivity index (χ0v) is 36.5. The molecule has 0 saturated carbocycles. The standard InChI is InChI=1S/C62H36N6/c63-37-39-16-15-17-40(32-39)41-33-57(67-55-29-14-10-25-48(55)61-56(67)31-30-47-44-22-7-12-27-53(44)66(62(47)61)43-20-5-2-6-21-43)51(38-64)58(34-41)68-54-28-13-9-24-46(54)50-35-59-49(36-60(50)68)45-23-8-11-26-52(45)65(59)42-18-3-1-4-19-42/h1-36H. The second-order valence-electron chi connectivity index (χ2n) is 17.5. The van der Waals surface area contributed by atoms with Crippen LogP contribution < -0.4 is 0 Å². The van der Waals surface area contributed by atoms with Crippen molar-refractivity contribution in [2.45, 2.75) is 0 Å². The molecule has 6 nitrogen and oxygen atoms in total. The van der Waals surface area contributed by atoms with Crippen LogP contribution in [0, 0.1) is 22.7 Å². The topological polar surface area (TPSA) is 67.3 Å². The molecule has 0 unspecified atom stereocenters. The van der Waals surface area contributed by atoms with E-state index < -0.39 is 0 Å². The summed E-state index contributed by atoms with van der Waals surface area (Å²) in [6, 6.07) is 81.7. The zero-order chi connectivity index (χ0) is 45.0. The van der Waals surface area contributed by atoms with Gasteiger partial charge in [0.25, 0.3) is 0 Å². The van der Waals surface area contributed by atoms with Gasteiger partial charge in [-0.1, -0.05) is 127 Å². The second kappa shape index (κ2) is 14.4. The van der Waals surface area contributed by atoms with Crippen molar-refractivity contribution in [2.75, 3.05) is 0 Å². The summed E-state index contributed by atoms with van der Waals surface area (Å²) >= 11 is 0. The van der Waals surface area contributed by atoms with Gasteiger partial charge >= 0.3 is 0 Å². The minimum Gasteiger partial charge on any atom is -0.309 e. The first-order valence-electron chi connectivity index (χ1n) is 22.8. The Hall–Kier alpha value is -9.62. The van der Waals surface area contributed by atoms with Crippen molar-refractivity contribution in [3.05, 3.63) is 230 Å². The molecular formula is C62H36N6. The number of nitrogens with zero attached hydrogens (tertiary/aromatic N) is 6. The Bertz CT molecular complexity index is 4510. The Morgan fingerprint density at radius 1 is 0.294 bits per heavy atom. The third-order valence-electron chi connectivity index (χ3n) is 14.0. The SMILES string of the molecule is N#Cc1cccc(-c2cc(-n3c4ccccc4c4cc5c(cc43)c3ccccc3n5-c3ccccc3)c(C#N)c(-n3c4ccccc4c4c3ccc3c5ccccc5n(-c5ccccc5)c34)c2)c1. The van der Waals surface area contributed by atoms with Crippen molar-refractivity contribution < 1.29 is 0 Å². The number of rotatable bonds is 5. The van der Waals surface area contributed by atoms with Crippen LogP contribution in [0.4, 0.5) is 0 Å². The summed E-state index contributed by atoms with van der Waals surface area (Å²) in [6.45, 7) is 0. The van der Waals surface area contributed by atoms with Gasteiger partial charge in [0.1, 0.15) is 11.6 Å². The lowest BCUT2D eigenvalue weighted by molar-refractivity contribution is 1.12. The highest BCUT2D eigenvalue weighted by Crippen LogP contribution is 2.45. The van der Waals surface area contributed by atoms with Gasteiger partial charge in [-0.3, -0.25) is 0 Å². The highest BCUT2D eigenvalue weighted by atomic mass is 15.0. The van der Waals surface area contributed by atoms with E-state index in [0.717, 1.165) is 116 Å². The smallest absolute Gasteiger partial charge is 0.104 e. The van der Waals surface area contributed by atoms with Crippen molar-refractivity contribution >= 4 is 87.2 Å². The molecule has 10 aromatic carbocycles. The van der Waals surface area contributed by atoms with Crippen LogP contribution in [-0.2, 0) is 0 Å². The van der Waals surface area contributed by atoms with E-state index in [1.165, 1.54) is 5.39 Å². The van der Waals surface area contributed by atoms with Crippen LogP contribution in [0.15, 0.2) is 218 Å². The molecule has 4 aromatic heterocycles. The third-order valence-corrected chi connectivity index (χ3v) is 14.0. The minimum atomic E-state index is 0.533. The predicted molar refractivity (Wildman–Crippen MR) is 279 cm³/mol. The van der Waals surface area contributed by atoms with E-state index in [0.29, 0.717) is 11.1 Å². The van der Waals surface area contributed by atoms with Gasteiger partial charge in [-0.25, -0.2) is 0 Å². The van der Waals surface area contributed by atoms with Gasteiger partial charge in [-0.2, -0.15) is 10.5 Å². The summed E-state index contributed by atoms with van der Waals surface area (Å²) in [5.41, 5.74) is 15.0. The van der Waals surface area contributed by atoms with Gasteiger partial charge in [0, 0.05) is 54.5 Å². The number of para-hydroxylation sites is 6. The van der Waals surface area contributed by atoms with E-state index >= 15 is 0 Å². The number of hydrogen-bond donors (Lipinski definition) is 0. The van der Waals surface area contributed by atoms with Crippen molar-refractivity contribution in [3.63, 3.8) is 0 Å². The summed E-state index contributed by atoms with van der Waals surface area (Å²) < 4.78 is 9.32. The summed E-state index contributed by atoms with van der Waals surface area (Å²) in [5.74, 6) is 0. The number of nitriles is 2. The van der Waals surface area contributed by atoms with Gasteiger partial charge in [0.05, 0.1) is 67.1 Å². The molecule has 0 aliphatic rings. The van der Waals surface area contributed by atoms with Crippen LogP contribution in [0.1, 0.15) is 11.1 Å². The van der Waals surface area contributed by atoms with E-state index in [1.807, 2.05) is 18.2 Å². The van der Waals surface area contributed by atoms with Crippen molar-refractivity contribution in [1.82, 2.24) is 18.3 Å². The van der Waals surface area contributed by atoms with Crippen molar-refractivity contribution in [2.24, 2.45) is 0 Å². The Labute approximate surface area is 389 Å². The lowest BCUT2D eigenvalue weighted by Crippen LogP contribution is -2.05. The fourth-order valence-corrected chi connectivity index (χ4v) is 11.2. The van der Waals surface area contributed by atoms with Crippen molar-refractivity contribution in [3.8, 4) is 46.0 Å². The van der Waals surface area contributed by atoms with Crippen LogP contribution in [-0.4, -0.2) is 18.3 Å². The van der Waals surface area contributed by atoms with Gasteiger partial charge in [0.2, 0.25) is 0 Å². The lowest BCUT2D eigenvalue weighted by Gasteiger charge is -2.18. The Kier molecular flexibility index (Phi) is 8.01. The molecule has 0 aliphatic heterocycles. The van der Waals surface area contributed by atoms with E-state index in [-0.39, 0.29) is 0 Å². The Morgan fingerprint density at radius 2 is 0.779 bits per heavy atom. The van der Waals surface area contributed by atoms with E-state index in [2.05, 4.69) is 231 Å². The quantitative estimate of drug-likeness (QED) is 0.173. The molecule has 6 heteroatoms. The summed E-state index contributed by atoms with van der Waals surface area (Å²) in [5, 5.41) is 30.9. The monoisotopic (exact) mass is 864 g/mol. The molecule has 0 spiro atoms. The molecule has 0 bridgehead atoms. The highest BCUT2D eigenvalue weighted by Gasteiger charge is 2.26. The van der Waals surface area contributed by atoms with Crippen LogP contribution >= 0.6 is 0 Å². The van der Waals surface area contributed by atoms with Crippen LogP contribution in [0.2, 0.25) is 0 Å². The maximum Gasteiger partial charge on any atom is 0.104 e. The van der Waals surface area contributed by atoms with Crippen LogP contribution in [0.3, 0.4) is 0 Å². The van der Waals surface area contributed by atoms with Crippen LogP contribution in [0.25, 0.3) is 121 Å². The van der Waals surface area contributed by atoms with Crippen LogP contribution in [0.5, 0.6) is 0 Å². The molecule has 0 fully saturated rings. The lowest BCUT2D eigenvalue weighted by atomic mass is 9.98. The Morgan fingerprint density at radius 3 is 1.38 bits per heavy atom. The molecule has 0 radical (unpaired) electrons. The highest BCUT2D eigenvalue weighted by molar-refractivity contribution is 6.26. The molecule has 4 heterocycles. The second-order valence-corrected chi connectivity index (χ2v) is 17.5. The minimum absolute atomic E-state index is 0.533. The number of fused-ring (bicyclic) bond motifs is 13. The normalized spacial score (nSPS) is 11.8. The summed E-state index contributed by atoms with van der Waals surface area (Å²) in [4.78, 5) is 0. The molecule has 0 atom stereocenters. The largest absolute Gasteiger partial charge is 0.309 e. The summed E-state index contributed by atoms with van der Waals surface area (Å²) in [7, 11) is 0. The fraction of sp³-hybridized carbons (Fsp3) is 0. The number of hydrogen-bond acceptors (Lipinski definition) is 2. The van der Waals surface area contributed by atoms with Gasteiger partial charge in [-0.15, -0.1) is 0 Å². The van der Waals surface area contributed by atoms with Gasteiger partial charge < -0.3 is 18.3 Å². The van der Waals surface area contributed by atoms with E-state index in [9.17, 15) is 10.5 Å². The molecule has 0 N–H and O–H groups in total. The third kappa shape index (κ3) is 5.26. The van der Waals surface area contributed by atoms with Gasteiger partial charge in [0.15, 0.2) is 0 Å². The zero-order valence-electron chi connectivity index (χ0n) is 36.5. The Balaban J connectivity index is 1.14. The molecule has 0 aliphatic carbocycles. The average molecular weight is 865 g/mol. The predicted octanol–water partition coefficient (Wildman–Crippen LogP) is 15.5. The first kappa shape index (κ1) is 37.7. The molecule has 14 aromatic rings.